The fourth-order valence-corrected chi connectivity index (χ4v) is 2.24. The Morgan fingerprint density at radius 3 is 2.43 bits per heavy atom. The SMILES string of the molecule is CC(C)(C)OC(=O)N1CC(O)(c2ccc(Cl)c(F)c2F)C1. The Morgan fingerprint density at radius 2 is 1.90 bits per heavy atom. The van der Waals surface area contributed by atoms with E-state index in [4.69, 9.17) is 16.3 Å². The highest BCUT2D eigenvalue weighted by Crippen LogP contribution is 2.36. The molecular weight excluding hydrogens is 304 g/mol. The van der Waals surface area contributed by atoms with Crippen LogP contribution in [0.4, 0.5) is 13.6 Å². The van der Waals surface area contributed by atoms with Crippen molar-refractivity contribution in [3.05, 3.63) is 34.4 Å². The second-order valence-electron chi connectivity index (χ2n) is 6.09. The third-order valence-corrected chi connectivity index (χ3v) is 3.39. The van der Waals surface area contributed by atoms with Crippen LogP contribution >= 0.6 is 11.6 Å². The summed E-state index contributed by atoms with van der Waals surface area (Å²) in [5, 5.41) is 9.94. The molecule has 1 saturated heterocycles. The quantitative estimate of drug-likeness (QED) is 0.809. The van der Waals surface area contributed by atoms with Crippen LogP contribution in [-0.4, -0.2) is 34.8 Å². The Balaban J connectivity index is 2.12. The number of nitrogens with zero attached hydrogens (tertiary/aromatic N) is 1. The van der Waals surface area contributed by atoms with Gasteiger partial charge in [-0.25, -0.2) is 13.6 Å². The standard InChI is InChI=1S/C14H16ClF2NO3/c1-13(2,3)21-12(19)18-6-14(20,7-18)8-4-5-9(15)11(17)10(8)16/h4-5,20H,6-7H2,1-3H3. The fraction of sp³-hybridized carbons (Fsp3) is 0.500. The average molecular weight is 320 g/mol. The number of benzene rings is 1. The maximum absolute atomic E-state index is 13.8. The molecule has 1 aliphatic heterocycles. The third-order valence-electron chi connectivity index (χ3n) is 3.09. The minimum atomic E-state index is -1.63. The summed E-state index contributed by atoms with van der Waals surface area (Å²) in [5.41, 5.74) is -2.52. The summed E-state index contributed by atoms with van der Waals surface area (Å²) in [5.74, 6) is -2.41. The molecule has 2 rings (SSSR count). The maximum atomic E-state index is 13.8. The number of aliphatic hydroxyl groups is 1. The van der Waals surface area contributed by atoms with Crippen molar-refractivity contribution in [1.82, 2.24) is 4.90 Å². The van der Waals surface area contributed by atoms with Crippen molar-refractivity contribution in [3.63, 3.8) is 0 Å². The molecule has 1 heterocycles. The van der Waals surface area contributed by atoms with Gasteiger partial charge in [-0.1, -0.05) is 17.7 Å². The molecule has 0 saturated carbocycles. The zero-order chi connectivity index (χ0) is 16.0. The van der Waals surface area contributed by atoms with Crippen LogP contribution in [0.3, 0.4) is 0 Å². The first-order valence-electron chi connectivity index (χ1n) is 6.38. The first-order chi connectivity index (χ1) is 9.53. The zero-order valence-electron chi connectivity index (χ0n) is 11.9. The lowest BCUT2D eigenvalue weighted by Crippen LogP contribution is -2.62. The lowest BCUT2D eigenvalue weighted by Gasteiger charge is -2.46. The molecule has 21 heavy (non-hydrogen) atoms. The van der Waals surface area contributed by atoms with Crippen LogP contribution in [0.25, 0.3) is 0 Å². The molecule has 0 bridgehead atoms. The van der Waals surface area contributed by atoms with Gasteiger partial charge in [0.1, 0.15) is 11.2 Å². The summed E-state index contributed by atoms with van der Waals surface area (Å²) in [6.07, 6.45) is -0.609. The second-order valence-corrected chi connectivity index (χ2v) is 6.50. The van der Waals surface area contributed by atoms with Gasteiger partial charge in [0.15, 0.2) is 11.6 Å². The van der Waals surface area contributed by atoms with Crippen molar-refractivity contribution in [3.8, 4) is 0 Å². The van der Waals surface area contributed by atoms with Gasteiger partial charge >= 0.3 is 6.09 Å². The lowest BCUT2D eigenvalue weighted by atomic mass is 9.86. The second kappa shape index (κ2) is 5.10. The smallest absolute Gasteiger partial charge is 0.410 e. The Hall–Kier alpha value is -1.40. The number of β-amino-alcohol motifs (C(OH)–C–C–N with tert-alkyl or cyclic N) is 1. The van der Waals surface area contributed by atoms with Crippen molar-refractivity contribution in [2.45, 2.75) is 32.0 Å². The zero-order valence-corrected chi connectivity index (χ0v) is 12.7. The number of hydrogen-bond acceptors (Lipinski definition) is 3. The number of likely N-dealkylation sites (tertiary alicyclic amines) is 1. The molecule has 0 aliphatic carbocycles. The number of carbonyl (C=O) groups excluding carboxylic acids is 1. The van der Waals surface area contributed by atoms with Gasteiger partial charge in [-0.15, -0.1) is 0 Å². The average Bonchev–Trinajstić information content (AvgIpc) is 2.30. The normalized spacial score (nSPS) is 17.4. The van der Waals surface area contributed by atoms with Gasteiger partial charge in [0.2, 0.25) is 0 Å². The van der Waals surface area contributed by atoms with Crippen molar-refractivity contribution in [2.24, 2.45) is 0 Å². The van der Waals surface area contributed by atoms with Crippen LogP contribution < -0.4 is 0 Å². The maximum Gasteiger partial charge on any atom is 0.410 e. The Kier molecular flexibility index (Phi) is 3.88. The molecular formula is C14H16ClF2NO3. The van der Waals surface area contributed by atoms with Crippen molar-refractivity contribution >= 4 is 17.7 Å². The van der Waals surface area contributed by atoms with Crippen LogP contribution in [0.15, 0.2) is 12.1 Å². The molecule has 0 radical (unpaired) electrons. The fourth-order valence-electron chi connectivity index (χ4n) is 2.10. The van der Waals surface area contributed by atoms with Crippen molar-refractivity contribution in [2.75, 3.05) is 13.1 Å². The molecule has 116 valence electrons. The molecule has 1 aliphatic rings. The number of amides is 1. The molecule has 1 N–H and O–H groups in total. The topological polar surface area (TPSA) is 49.8 Å². The molecule has 1 fully saturated rings. The van der Waals surface area contributed by atoms with E-state index < -0.39 is 28.9 Å². The minimum Gasteiger partial charge on any atom is -0.444 e. The summed E-state index contributed by atoms with van der Waals surface area (Å²) in [7, 11) is 0. The van der Waals surface area contributed by atoms with Crippen LogP contribution in [0.5, 0.6) is 0 Å². The van der Waals surface area contributed by atoms with Gasteiger partial charge in [0, 0.05) is 5.56 Å². The highest BCUT2D eigenvalue weighted by molar-refractivity contribution is 6.30. The first-order valence-corrected chi connectivity index (χ1v) is 6.75. The van der Waals surface area contributed by atoms with Crippen LogP contribution in [0.1, 0.15) is 26.3 Å². The molecule has 1 aromatic carbocycles. The number of ether oxygens (including phenoxy) is 1. The molecule has 0 spiro atoms. The molecule has 1 aromatic rings. The van der Waals surface area contributed by atoms with E-state index in [1.807, 2.05) is 0 Å². The summed E-state index contributed by atoms with van der Waals surface area (Å²) in [6.45, 7) is 4.81. The summed E-state index contributed by atoms with van der Waals surface area (Å²) >= 11 is 5.47. The summed E-state index contributed by atoms with van der Waals surface area (Å²) < 4.78 is 32.4. The highest BCUT2D eigenvalue weighted by atomic mass is 35.5. The number of hydrogen-bond donors (Lipinski definition) is 1. The van der Waals surface area contributed by atoms with Crippen LogP contribution in [0, 0.1) is 11.6 Å². The number of rotatable bonds is 1. The number of carbonyl (C=O) groups is 1. The molecule has 0 aromatic heterocycles. The van der Waals surface area contributed by atoms with E-state index in [0.717, 1.165) is 0 Å². The van der Waals surface area contributed by atoms with Gasteiger partial charge < -0.3 is 14.7 Å². The van der Waals surface area contributed by atoms with Crippen molar-refractivity contribution < 1.29 is 23.4 Å². The predicted molar refractivity (Wildman–Crippen MR) is 73.1 cm³/mol. The van der Waals surface area contributed by atoms with Crippen LogP contribution in [-0.2, 0) is 10.3 Å². The molecule has 4 nitrogen and oxygen atoms in total. The van der Waals surface area contributed by atoms with E-state index in [9.17, 15) is 18.7 Å². The van der Waals surface area contributed by atoms with Gasteiger partial charge in [-0.2, -0.15) is 0 Å². The van der Waals surface area contributed by atoms with E-state index in [-0.39, 0.29) is 23.7 Å². The third kappa shape index (κ3) is 3.11. The lowest BCUT2D eigenvalue weighted by molar-refractivity contribution is -0.105. The van der Waals surface area contributed by atoms with E-state index in [2.05, 4.69) is 0 Å². The Morgan fingerprint density at radius 1 is 1.33 bits per heavy atom. The molecule has 7 heteroatoms. The van der Waals surface area contributed by atoms with Gasteiger partial charge in [0.25, 0.3) is 0 Å². The van der Waals surface area contributed by atoms with E-state index in [0.29, 0.717) is 0 Å². The highest BCUT2D eigenvalue weighted by Gasteiger charge is 2.48. The number of halogens is 3. The largest absolute Gasteiger partial charge is 0.444 e. The van der Waals surface area contributed by atoms with Crippen molar-refractivity contribution in [1.29, 1.82) is 0 Å². The monoisotopic (exact) mass is 319 g/mol. The summed E-state index contributed by atoms with van der Waals surface area (Å²) in [6, 6.07) is 2.39. The Bertz CT molecular complexity index is 580. The van der Waals surface area contributed by atoms with Gasteiger partial charge in [-0.05, 0) is 26.8 Å². The predicted octanol–water partition coefficient (Wildman–Crippen LogP) is 3.06. The Labute approximate surface area is 126 Å². The van der Waals surface area contributed by atoms with E-state index in [1.54, 1.807) is 20.8 Å². The van der Waals surface area contributed by atoms with Gasteiger partial charge in [0.05, 0.1) is 18.1 Å². The first kappa shape index (κ1) is 16.0. The summed E-state index contributed by atoms with van der Waals surface area (Å²) in [4.78, 5) is 13.0. The van der Waals surface area contributed by atoms with E-state index >= 15 is 0 Å². The van der Waals surface area contributed by atoms with E-state index in [1.165, 1.54) is 17.0 Å². The molecule has 1 amide bonds. The molecule has 0 unspecified atom stereocenters. The minimum absolute atomic E-state index is 0.167. The van der Waals surface area contributed by atoms with Crippen LogP contribution in [0.2, 0.25) is 5.02 Å². The van der Waals surface area contributed by atoms with Gasteiger partial charge in [-0.3, -0.25) is 0 Å². The molecule has 0 atom stereocenters.